The molecule has 0 N–H and O–H groups in total. The first-order valence-corrected chi connectivity index (χ1v) is 4.93. The van der Waals surface area contributed by atoms with Crippen LogP contribution in [0.1, 0.15) is 10.4 Å². The van der Waals surface area contributed by atoms with Gasteiger partial charge in [0.1, 0.15) is 0 Å². The normalized spacial score (nSPS) is 9.47. The van der Waals surface area contributed by atoms with Crippen molar-refractivity contribution < 1.29 is 4.79 Å². The number of rotatable bonds is 6. The van der Waals surface area contributed by atoms with Crippen LogP contribution in [0.25, 0.3) is 0 Å². The van der Waals surface area contributed by atoms with Gasteiger partial charge in [-0.25, -0.2) is 0 Å². The van der Waals surface area contributed by atoms with E-state index in [2.05, 4.69) is 10.6 Å². The van der Waals surface area contributed by atoms with E-state index in [0.717, 1.165) is 10.0 Å². The zero-order valence-corrected chi connectivity index (χ0v) is 9.31. The molecule has 1 amide bonds. The monoisotopic (exact) mass is 236 g/mol. The number of amides is 1. The molecular formula is C10H12N4O3. The highest BCUT2D eigenvalue weighted by Crippen LogP contribution is 2.05. The molecule has 1 aromatic rings. The smallest absolute Gasteiger partial charge is 0.267 e. The fraction of sp³-hybridized carbons (Fsp3) is 0.300. The lowest BCUT2D eigenvalue weighted by molar-refractivity contribution is 0.0743. The summed E-state index contributed by atoms with van der Waals surface area (Å²) in [6, 6.07) is 8.31. The molecule has 0 radical (unpaired) electrons. The van der Waals surface area contributed by atoms with Gasteiger partial charge in [-0.05, 0) is 12.1 Å². The van der Waals surface area contributed by atoms with Crippen molar-refractivity contribution in [2.75, 3.05) is 20.1 Å². The van der Waals surface area contributed by atoms with Crippen LogP contribution in [0.5, 0.6) is 0 Å². The second-order valence-electron chi connectivity index (χ2n) is 3.34. The van der Waals surface area contributed by atoms with Gasteiger partial charge in [-0.3, -0.25) is 9.80 Å². The Morgan fingerprint density at radius 1 is 1.12 bits per heavy atom. The first-order valence-electron chi connectivity index (χ1n) is 4.93. The Morgan fingerprint density at radius 2 is 1.76 bits per heavy atom. The molecule has 1 aromatic carbocycles. The minimum Gasteiger partial charge on any atom is -0.267 e. The summed E-state index contributed by atoms with van der Waals surface area (Å²) in [5, 5.41) is 7.10. The molecule has 0 bridgehead atoms. The topological polar surface area (TPSA) is 82.4 Å². The van der Waals surface area contributed by atoms with Gasteiger partial charge in [0.2, 0.25) is 0 Å². The maximum atomic E-state index is 11.8. The van der Waals surface area contributed by atoms with E-state index in [4.69, 9.17) is 0 Å². The SMILES string of the molecule is CN(CCN(N=O)C(=O)c1ccccc1)N=O. The molecule has 0 aromatic heterocycles. The molecule has 7 nitrogen and oxygen atoms in total. The van der Waals surface area contributed by atoms with Crippen molar-refractivity contribution in [3.63, 3.8) is 0 Å². The van der Waals surface area contributed by atoms with Gasteiger partial charge < -0.3 is 0 Å². The Hall–Kier alpha value is -2.31. The average Bonchev–Trinajstić information content (AvgIpc) is 2.39. The molecule has 0 fully saturated rings. The Labute approximate surface area is 97.9 Å². The third-order valence-corrected chi connectivity index (χ3v) is 2.13. The van der Waals surface area contributed by atoms with Crippen LogP contribution in [0.15, 0.2) is 40.9 Å². The van der Waals surface area contributed by atoms with E-state index in [0.29, 0.717) is 5.56 Å². The Balaban J connectivity index is 2.65. The molecule has 0 aliphatic rings. The Bertz CT molecular complexity index is 396. The summed E-state index contributed by atoms with van der Waals surface area (Å²) in [5.74, 6) is -0.500. The minimum absolute atomic E-state index is 0.0134. The molecule has 0 saturated carbocycles. The van der Waals surface area contributed by atoms with E-state index < -0.39 is 5.91 Å². The van der Waals surface area contributed by atoms with E-state index in [-0.39, 0.29) is 13.1 Å². The molecule has 90 valence electrons. The second kappa shape index (κ2) is 6.31. The number of carbonyl (C=O) groups is 1. The predicted molar refractivity (Wildman–Crippen MR) is 61.7 cm³/mol. The highest BCUT2D eigenvalue weighted by atomic mass is 16.3. The van der Waals surface area contributed by atoms with E-state index >= 15 is 0 Å². The van der Waals surface area contributed by atoms with Crippen molar-refractivity contribution in [3.05, 3.63) is 45.7 Å². The first kappa shape index (κ1) is 12.8. The van der Waals surface area contributed by atoms with Crippen LogP contribution in [-0.2, 0) is 0 Å². The number of likely N-dealkylation sites (N-methyl/N-ethyl adjacent to an activating group) is 1. The van der Waals surface area contributed by atoms with Gasteiger partial charge >= 0.3 is 0 Å². The van der Waals surface area contributed by atoms with Crippen molar-refractivity contribution in [1.29, 1.82) is 0 Å². The summed E-state index contributed by atoms with van der Waals surface area (Å²) in [4.78, 5) is 32.4. The predicted octanol–water partition coefficient (Wildman–Crippen LogP) is 1.42. The summed E-state index contributed by atoms with van der Waals surface area (Å²) < 4.78 is 0. The van der Waals surface area contributed by atoms with Crippen LogP contribution in [0, 0.1) is 9.81 Å². The van der Waals surface area contributed by atoms with Crippen LogP contribution >= 0.6 is 0 Å². The number of hydrogen-bond acceptors (Lipinski definition) is 5. The Morgan fingerprint density at radius 3 is 2.29 bits per heavy atom. The summed E-state index contributed by atoms with van der Waals surface area (Å²) in [7, 11) is 1.45. The third-order valence-electron chi connectivity index (χ3n) is 2.13. The van der Waals surface area contributed by atoms with E-state index in [1.165, 1.54) is 7.05 Å². The third kappa shape index (κ3) is 3.63. The van der Waals surface area contributed by atoms with Gasteiger partial charge in [-0.1, -0.05) is 18.2 Å². The molecule has 0 aliphatic heterocycles. The van der Waals surface area contributed by atoms with Gasteiger partial charge in [0.15, 0.2) is 0 Å². The molecule has 17 heavy (non-hydrogen) atoms. The van der Waals surface area contributed by atoms with Crippen molar-refractivity contribution in [3.8, 4) is 0 Å². The molecule has 0 atom stereocenters. The number of carbonyl (C=O) groups excluding carboxylic acids is 1. The molecule has 0 unspecified atom stereocenters. The summed E-state index contributed by atoms with van der Waals surface area (Å²) >= 11 is 0. The number of hydrogen-bond donors (Lipinski definition) is 0. The lowest BCUT2D eigenvalue weighted by Gasteiger charge is -2.15. The molecular weight excluding hydrogens is 224 g/mol. The van der Waals surface area contributed by atoms with Gasteiger partial charge in [-0.15, -0.1) is 9.81 Å². The molecule has 1 rings (SSSR count). The second-order valence-corrected chi connectivity index (χ2v) is 3.34. The molecule has 0 heterocycles. The molecule has 0 spiro atoms. The Kier molecular flexibility index (Phi) is 4.74. The standard InChI is InChI=1S/C10H12N4O3/c1-13(11-16)7-8-14(12-17)10(15)9-5-3-2-4-6-9/h2-6H,7-8H2,1H3. The molecule has 7 heteroatoms. The van der Waals surface area contributed by atoms with Crippen LogP contribution < -0.4 is 0 Å². The maximum Gasteiger partial charge on any atom is 0.276 e. The number of nitrogens with zero attached hydrogens (tertiary/aromatic N) is 4. The van der Waals surface area contributed by atoms with E-state index in [1.807, 2.05) is 0 Å². The van der Waals surface area contributed by atoms with Crippen molar-refractivity contribution in [1.82, 2.24) is 10.0 Å². The van der Waals surface area contributed by atoms with E-state index in [9.17, 15) is 14.6 Å². The van der Waals surface area contributed by atoms with Crippen LogP contribution in [-0.4, -0.2) is 36.1 Å². The average molecular weight is 236 g/mol. The van der Waals surface area contributed by atoms with Gasteiger partial charge in [0.05, 0.1) is 23.7 Å². The summed E-state index contributed by atoms with van der Waals surface area (Å²) in [6.45, 7) is 0.160. The molecule has 0 saturated heterocycles. The maximum absolute atomic E-state index is 11.8. The lowest BCUT2D eigenvalue weighted by Crippen LogP contribution is -2.32. The quantitative estimate of drug-likeness (QED) is 0.552. The highest BCUT2D eigenvalue weighted by molar-refractivity contribution is 5.93. The minimum atomic E-state index is -0.500. The van der Waals surface area contributed by atoms with E-state index in [1.54, 1.807) is 30.3 Å². The van der Waals surface area contributed by atoms with Crippen LogP contribution in [0.3, 0.4) is 0 Å². The lowest BCUT2D eigenvalue weighted by atomic mass is 10.2. The van der Waals surface area contributed by atoms with Gasteiger partial charge in [-0.2, -0.15) is 5.01 Å². The number of nitroso groups, excluding NO2 is 2. The zero-order chi connectivity index (χ0) is 12.7. The molecule has 0 aliphatic carbocycles. The zero-order valence-electron chi connectivity index (χ0n) is 9.31. The van der Waals surface area contributed by atoms with Crippen molar-refractivity contribution in [2.45, 2.75) is 0 Å². The van der Waals surface area contributed by atoms with Crippen LogP contribution in [0.4, 0.5) is 0 Å². The first-order chi connectivity index (χ1) is 8.19. The largest absolute Gasteiger partial charge is 0.276 e. The van der Waals surface area contributed by atoms with Crippen molar-refractivity contribution >= 4 is 5.91 Å². The fourth-order valence-corrected chi connectivity index (χ4v) is 1.19. The van der Waals surface area contributed by atoms with Crippen LogP contribution in [0.2, 0.25) is 0 Å². The summed E-state index contributed by atoms with van der Waals surface area (Å²) in [6.07, 6.45) is 0. The van der Waals surface area contributed by atoms with Gasteiger partial charge in [0.25, 0.3) is 5.91 Å². The highest BCUT2D eigenvalue weighted by Gasteiger charge is 2.16. The summed E-state index contributed by atoms with van der Waals surface area (Å²) in [5.41, 5.74) is 0.369. The van der Waals surface area contributed by atoms with Crippen molar-refractivity contribution in [2.24, 2.45) is 10.6 Å². The number of benzene rings is 1. The van der Waals surface area contributed by atoms with Gasteiger partial charge in [0, 0.05) is 12.6 Å². The fourth-order valence-electron chi connectivity index (χ4n) is 1.19.